The maximum absolute atomic E-state index is 14.2. The van der Waals surface area contributed by atoms with Crippen molar-refractivity contribution in [1.82, 2.24) is 4.90 Å². The molecule has 6 atom stereocenters. The van der Waals surface area contributed by atoms with Crippen molar-refractivity contribution in [3.63, 3.8) is 0 Å². The van der Waals surface area contributed by atoms with Crippen LogP contribution in [0.4, 0.5) is 5.69 Å². The number of benzene rings is 3. The normalized spacial score (nSPS) is 30.6. The number of likely N-dealkylation sites (tertiary alicyclic amines) is 1. The van der Waals surface area contributed by atoms with Crippen LogP contribution in [0, 0.1) is 17.8 Å². The first-order chi connectivity index (χ1) is 21.4. The quantitative estimate of drug-likeness (QED) is 0.164. The number of hydrogen-bond acceptors (Lipinski definition) is 6. The van der Waals surface area contributed by atoms with Gasteiger partial charge in [-0.15, -0.1) is 23.2 Å². The molecule has 2 heterocycles. The Labute approximate surface area is 276 Å². The molecule has 3 aromatic rings. The number of hydrogen-bond donors (Lipinski definition) is 1. The number of nitrogens with zero attached hydrogens (tertiary/aromatic N) is 2. The molecule has 228 valence electrons. The van der Waals surface area contributed by atoms with Crippen LogP contribution in [0.15, 0.2) is 88.9 Å². The molecule has 8 nitrogen and oxygen atoms in total. The minimum atomic E-state index is -1.99. The topological polar surface area (TPSA) is 112 Å². The molecular formula is C34H25BrCl2N2O6. The average Bonchev–Trinajstić information content (AvgIpc) is 3.37. The number of amides is 4. The molecular weight excluding hydrogens is 683 g/mol. The van der Waals surface area contributed by atoms with E-state index in [2.05, 4.69) is 15.9 Å². The summed E-state index contributed by atoms with van der Waals surface area (Å²) in [6.07, 6.45) is 1.85. The first kappa shape index (κ1) is 29.9. The minimum Gasteiger partial charge on any atom is -0.508 e. The highest BCUT2D eigenvalue weighted by atomic mass is 79.9. The van der Waals surface area contributed by atoms with Gasteiger partial charge in [0.05, 0.1) is 17.5 Å². The van der Waals surface area contributed by atoms with Crippen LogP contribution in [0.5, 0.6) is 5.75 Å². The summed E-state index contributed by atoms with van der Waals surface area (Å²) in [7, 11) is 1.31. The molecule has 0 bridgehead atoms. The zero-order valence-corrected chi connectivity index (χ0v) is 26.8. The number of aromatic hydroxyl groups is 1. The van der Waals surface area contributed by atoms with E-state index in [1.54, 1.807) is 60.7 Å². The van der Waals surface area contributed by atoms with Gasteiger partial charge in [-0.25, -0.2) is 0 Å². The molecule has 0 unspecified atom stereocenters. The number of imide groups is 2. The zero-order valence-electron chi connectivity index (χ0n) is 23.7. The van der Waals surface area contributed by atoms with E-state index >= 15 is 0 Å². The first-order valence-electron chi connectivity index (χ1n) is 14.4. The smallest absolute Gasteiger partial charge is 0.253 e. The summed E-state index contributed by atoms with van der Waals surface area (Å²) < 4.78 is 0.602. The number of rotatable bonds is 4. The molecule has 0 radical (unpaired) electrons. The molecule has 0 spiro atoms. The summed E-state index contributed by atoms with van der Waals surface area (Å²) in [6.45, 7) is 0. The maximum Gasteiger partial charge on any atom is 0.253 e. The molecule has 11 heteroatoms. The second-order valence-electron chi connectivity index (χ2n) is 12.0. The van der Waals surface area contributed by atoms with Gasteiger partial charge in [-0.3, -0.25) is 33.8 Å². The molecule has 0 aromatic heterocycles. The van der Waals surface area contributed by atoms with Gasteiger partial charge in [0.1, 0.15) is 5.75 Å². The lowest BCUT2D eigenvalue weighted by Crippen LogP contribution is -2.60. The van der Waals surface area contributed by atoms with Crippen LogP contribution in [0.2, 0.25) is 0 Å². The SMILES string of the molecule is CN1C(=O)[C@]2(Cl)C[C@@H]3C(=CC[C@@H]4C(=O)N(c5ccc(C(=O)c6ccccc6)cc5)C(=O)[C@@H]43)[C@H](c3cc(Br)ccc3O)[C@]2(Cl)C1=O. The highest BCUT2D eigenvalue weighted by Crippen LogP contribution is 2.66. The lowest BCUT2D eigenvalue weighted by Gasteiger charge is -2.50. The van der Waals surface area contributed by atoms with Gasteiger partial charge in [0.2, 0.25) is 11.8 Å². The standard InChI is InChI=1S/C34H25BrCl2N2O6/c1-38-31(44)33(36)16-24-21(27(34(33,37)32(38)45)23-15-19(35)9-14-25(23)40)12-13-22-26(24)30(43)39(29(22)42)20-10-7-18(8-11-20)28(41)17-5-3-2-4-6-17/h2-12,14-15,22,24,26-27,40H,13,16H2,1H3/t22-,24+,26-,27+,33+,34-/m0/s1. The van der Waals surface area contributed by atoms with Crippen molar-refractivity contribution in [3.8, 4) is 5.75 Å². The van der Waals surface area contributed by atoms with Gasteiger partial charge in [0.25, 0.3) is 11.8 Å². The van der Waals surface area contributed by atoms with E-state index in [-0.39, 0.29) is 29.9 Å². The number of phenolic OH excluding ortho intramolecular Hbond substituents is 1. The highest BCUT2D eigenvalue weighted by molar-refractivity contribution is 9.10. The monoisotopic (exact) mass is 706 g/mol. The van der Waals surface area contributed by atoms with Crippen LogP contribution in [-0.4, -0.2) is 56.2 Å². The fraction of sp³-hybridized carbons (Fsp3) is 0.265. The van der Waals surface area contributed by atoms with Crippen LogP contribution < -0.4 is 4.90 Å². The predicted octanol–water partition coefficient (Wildman–Crippen LogP) is 5.58. The second kappa shape index (κ2) is 10.4. The molecule has 7 rings (SSSR count). The lowest BCUT2D eigenvalue weighted by molar-refractivity contribution is -0.138. The second-order valence-corrected chi connectivity index (χ2v) is 14.1. The van der Waals surface area contributed by atoms with E-state index < -0.39 is 57.0 Å². The Morgan fingerprint density at radius 1 is 0.889 bits per heavy atom. The van der Waals surface area contributed by atoms with Crippen LogP contribution >= 0.6 is 39.1 Å². The maximum atomic E-state index is 14.2. The number of allylic oxidation sites excluding steroid dienone is 2. The molecule has 4 aliphatic rings. The summed E-state index contributed by atoms with van der Waals surface area (Å²) in [5.41, 5.74) is 2.11. The summed E-state index contributed by atoms with van der Waals surface area (Å²) >= 11 is 17.8. The van der Waals surface area contributed by atoms with Crippen molar-refractivity contribution in [2.75, 3.05) is 11.9 Å². The van der Waals surface area contributed by atoms with Crippen LogP contribution in [-0.2, 0) is 19.2 Å². The molecule has 2 aliphatic carbocycles. The number of phenols is 1. The van der Waals surface area contributed by atoms with E-state index in [1.165, 1.54) is 13.1 Å². The summed E-state index contributed by atoms with van der Waals surface area (Å²) in [5.74, 6) is -6.00. The number of ketones is 1. The van der Waals surface area contributed by atoms with Gasteiger partial charge in [-0.05, 0) is 61.2 Å². The van der Waals surface area contributed by atoms with Gasteiger partial charge in [-0.1, -0.05) is 57.9 Å². The van der Waals surface area contributed by atoms with Crippen molar-refractivity contribution in [2.24, 2.45) is 17.8 Å². The van der Waals surface area contributed by atoms with Gasteiger partial charge in [0.15, 0.2) is 15.5 Å². The largest absolute Gasteiger partial charge is 0.508 e. The fourth-order valence-corrected chi connectivity index (χ4v) is 9.01. The Morgan fingerprint density at radius 3 is 2.24 bits per heavy atom. The van der Waals surface area contributed by atoms with Crippen molar-refractivity contribution in [1.29, 1.82) is 0 Å². The van der Waals surface area contributed by atoms with Crippen molar-refractivity contribution < 1.29 is 29.1 Å². The van der Waals surface area contributed by atoms with E-state index in [4.69, 9.17) is 23.2 Å². The first-order valence-corrected chi connectivity index (χ1v) is 15.9. The molecule has 3 fully saturated rings. The molecule has 3 aromatic carbocycles. The van der Waals surface area contributed by atoms with Gasteiger partial charge >= 0.3 is 0 Å². The number of carbonyl (C=O) groups is 5. The number of anilines is 1. The van der Waals surface area contributed by atoms with Gasteiger partial charge in [0, 0.05) is 34.1 Å². The molecule has 1 saturated carbocycles. The zero-order chi connectivity index (χ0) is 32.0. The van der Waals surface area contributed by atoms with Gasteiger partial charge in [-0.2, -0.15) is 0 Å². The van der Waals surface area contributed by atoms with Crippen LogP contribution in [0.25, 0.3) is 0 Å². The fourth-order valence-electron chi connectivity index (χ4n) is 7.62. The van der Waals surface area contributed by atoms with Crippen molar-refractivity contribution in [3.05, 3.63) is 106 Å². The highest BCUT2D eigenvalue weighted by Gasteiger charge is 2.76. The Balaban J connectivity index is 1.29. The molecule has 2 aliphatic heterocycles. The van der Waals surface area contributed by atoms with E-state index in [9.17, 15) is 29.1 Å². The third kappa shape index (κ3) is 4.06. The molecule has 2 saturated heterocycles. The Hall–Kier alpha value is -3.79. The number of fused-ring (bicyclic) bond motifs is 4. The molecule has 4 amide bonds. The summed E-state index contributed by atoms with van der Waals surface area (Å²) in [6, 6.07) is 19.8. The van der Waals surface area contributed by atoms with Crippen LogP contribution in [0.3, 0.4) is 0 Å². The number of alkyl halides is 2. The third-order valence-electron chi connectivity index (χ3n) is 9.74. The summed E-state index contributed by atoms with van der Waals surface area (Å²) in [5, 5.41) is 11.0. The van der Waals surface area contributed by atoms with Crippen LogP contribution in [0.1, 0.15) is 40.2 Å². The Morgan fingerprint density at radius 2 is 1.56 bits per heavy atom. The average molecular weight is 708 g/mol. The Kier molecular flexibility index (Phi) is 6.89. The van der Waals surface area contributed by atoms with E-state index in [1.807, 2.05) is 12.1 Å². The number of carbonyl (C=O) groups excluding carboxylic acids is 5. The predicted molar refractivity (Wildman–Crippen MR) is 170 cm³/mol. The van der Waals surface area contributed by atoms with Crippen molar-refractivity contribution >= 4 is 74.2 Å². The Bertz CT molecular complexity index is 1860. The van der Waals surface area contributed by atoms with Crippen molar-refractivity contribution in [2.45, 2.75) is 28.5 Å². The molecule has 45 heavy (non-hydrogen) atoms. The third-order valence-corrected chi connectivity index (χ3v) is 11.6. The minimum absolute atomic E-state index is 0.150. The molecule has 1 N–H and O–H groups in total. The lowest BCUT2D eigenvalue weighted by atomic mass is 9.56. The van der Waals surface area contributed by atoms with Gasteiger partial charge < -0.3 is 5.11 Å². The van der Waals surface area contributed by atoms with E-state index in [0.29, 0.717) is 26.9 Å². The van der Waals surface area contributed by atoms with E-state index in [0.717, 1.165) is 9.80 Å². The summed E-state index contributed by atoms with van der Waals surface area (Å²) in [4.78, 5) is 66.4. The number of halogens is 3.